The highest BCUT2D eigenvalue weighted by molar-refractivity contribution is 5.78. The van der Waals surface area contributed by atoms with Gasteiger partial charge in [-0.15, -0.1) is 0 Å². The maximum atomic E-state index is 11.6. The molecule has 0 saturated carbocycles. The molecular weight excluding hydrogens is 204 g/mol. The van der Waals surface area contributed by atoms with E-state index in [1.165, 1.54) is 0 Å². The van der Waals surface area contributed by atoms with E-state index in [-0.39, 0.29) is 23.8 Å². The molecule has 1 N–H and O–H groups in total. The van der Waals surface area contributed by atoms with E-state index in [1.54, 1.807) is 6.92 Å². The molecule has 0 radical (unpaired) electrons. The molecule has 1 heterocycles. The number of carbonyl (C=O) groups excluding carboxylic acids is 2. The lowest BCUT2D eigenvalue weighted by atomic mass is 10.1. The van der Waals surface area contributed by atoms with Crippen LogP contribution in [-0.2, 0) is 9.59 Å². The minimum absolute atomic E-state index is 0.00836. The van der Waals surface area contributed by atoms with Gasteiger partial charge in [0.1, 0.15) is 0 Å². The zero-order valence-corrected chi connectivity index (χ0v) is 10.5. The average molecular weight is 226 g/mol. The molecule has 2 amide bonds. The Morgan fingerprint density at radius 3 is 2.56 bits per heavy atom. The summed E-state index contributed by atoms with van der Waals surface area (Å²) in [6.45, 7) is 6.84. The monoisotopic (exact) mass is 226 g/mol. The van der Waals surface area contributed by atoms with Crippen LogP contribution in [0.25, 0.3) is 0 Å². The summed E-state index contributed by atoms with van der Waals surface area (Å²) in [5.41, 5.74) is 0. The number of nitrogens with zero attached hydrogens (tertiary/aromatic N) is 1. The quantitative estimate of drug-likeness (QED) is 0.768. The molecule has 1 aliphatic rings. The molecule has 0 aromatic rings. The maximum Gasteiger partial charge on any atom is 0.222 e. The Bertz CT molecular complexity index is 264. The molecule has 0 aromatic carbocycles. The van der Waals surface area contributed by atoms with Crippen molar-refractivity contribution in [1.82, 2.24) is 10.2 Å². The van der Waals surface area contributed by atoms with Crippen molar-refractivity contribution in [2.75, 3.05) is 13.1 Å². The lowest BCUT2D eigenvalue weighted by Gasteiger charge is -2.24. The summed E-state index contributed by atoms with van der Waals surface area (Å²) in [5.74, 6) is 0.190. The molecule has 0 bridgehead atoms. The van der Waals surface area contributed by atoms with Gasteiger partial charge >= 0.3 is 0 Å². The van der Waals surface area contributed by atoms with Gasteiger partial charge in [-0.25, -0.2) is 0 Å². The Labute approximate surface area is 97.4 Å². The fraction of sp³-hybridized carbons (Fsp3) is 0.833. The van der Waals surface area contributed by atoms with E-state index in [0.29, 0.717) is 6.54 Å². The molecule has 0 aliphatic carbocycles. The average Bonchev–Trinajstić information content (AvgIpc) is 2.43. The fourth-order valence-electron chi connectivity index (χ4n) is 1.91. The van der Waals surface area contributed by atoms with Gasteiger partial charge in [-0.3, -0.25) is 9.59 Å². The van der Waals surface area contributed by atoms with Crippen LogP contribution in [0.3, 0.4) is 0 Å². The van der Waals surface area contributed by atoms with Crippen molar-refractivity contribution in [3.63, 3.8) is 0 Å². The highest BCUT2D eigenvalue weighted by Gasteiger charge is 2.21. The minimum atomic E-state index is 0.00836. The number of hydrogen-bond donors (Lipinski definition) is 1. The van der Waals surface area contributed by atoms with Gasteiger partial charge in [-0.2, -0.15) is 0 Å². The summed E-state index contributed by atoms with van der Waals surface area (Å²) in [5, 5.41) is 3.01. The molecule has 1 atom stereocenters. The largest absolute Gasteiger partial charge is 0.351 e. The van der Waals surface area contributed by atoms with Gasteiger partial charge in [0.2, 0.25) is 11.8 Å². The highest BCUT2D eigenvalue weighted by Crippen LogP contribution is 2.11. The summed E-state index contributed by atoms with van der Waals surface area (Å²) in [6, 6.07) is 0.126. The molecule has 0 spiro atoms. The Balaban J connectivity index is 2.52. The van der Waals surface area contributed by atoms with Gasteiger partial charge in [0, 0.05) is 32.0 Å². The van der Waals surface area contributed by atoms with E-state index in [2.05, 4.69) is 5.32 Å². The van der Waals surface area contributed by atoms with Gasteiger partial charge in [0.25, 0.3) is 0 Å². The van der Waals surface area contributed by atoms with Crippen LogP contribution in [0.4, 0.5) is 0 Å². The predicted molar refractivity (Wildman–Crippen MR) is 62.9 cm³/mol. The van der Waals surface area contributed by atoms with E-state index in [0.717, 1.165) is 25.8 Å². The number of carbonyl (C=O) groups is 2. The Morgan fingerprint density at radius 1 is 1.31 bits per heavy atom. The topological polar surface area (TPSA) is 49.4 Å². The van der Waals surface area contributed by atoms with Crippen LogP contribution in [0.5, 0.6) is 0 Å². The molecule has 0 aromatic heterocycles. The van der Waals surface area contributed by atoms with Gasteiger partial charge in [0.15, 0.2) is 0 Å². The van der Waals surface area contributed by atoms with Crippen molar-refractivity contribution in [3.05, 3.63) is 0 Å². The number of rotatable bonds is 2. The van der Waals surface area contributed by atoms with E-state index in [1.807, 2.05) is 18.7 Å². The van der Waals surface area contributed by atoms with Crippen molar-refractivity contribution in [2.24, 2.45) is 5.92 Å². The lowest BCUT2D eigenvalue weighted by molar-refractivity contribution is -0.130. The number of amides is 2. The molecular formula is C12H22N2O2. The second-order valence-corrected chi connectivity index (χ2v) is 4.82. The van der Waals surface area contributed by atoms with Gasteiger partial charge in [-0.05, 0) is 19.3 Å². The highest BCUT2D eigenvalue weighted by atomic mass is 16.2. The molecule has 1 aliphatic heterocycles. The molecule has 1 saturated heterocycles. The van der Waals surface area contributed by atoms with Crippen molar-refractivity contribution < 1.29 is 9.59 Å². The van der Waals surface area contributed by atoms with Gasteiger partial charge in [0.05, 0.1) is 0 Å². The standard InChI is InChI=1S/C12H22N2O2/c1-9(2)12(16)13-11-6-4-5-7-14(8-11)10(3)15/h9,11H,4-8H2,1-3H3,(H,13,16). The Kier molecular flexibility index (Phi) is 4.77. The summed E-state index contributed by atoms with van der Waals surface area (Å²) in [6.07, 6.45) is 3.09. The van der Waals surface area contributed by atoms with Crippen LogP contribution < -0.4 is 5.32 Å². The lowest BCUT2D eigenvalue weighted by Crippen LogP contribution is -2.45. The van der Waals surface area contributed by atoms with Crippen LogP contribution in [0.2, 0.25) is 0 Å². The first-order chi connectivity index (χ1) is 7.50. The number of nitrogens with one attached hydrogen (secondary N) is 1. The molecule has 1 fully saturated rings. The molecule has 92 valence electrons. The SMILES string of the molecule is CC(=O)N1CCCCC(NC(=O)C(C)C)C1. The van der Waals surface area contributed by atoms with E-state index >= 15 is 0 Å². The number of hydrogen-bond acceptors (Lipinski definition) is 2. The third kappa shape index (κ3) is 3.83. The molecule has 4 heteroatoms. The van der Waals surface area contributed by atoms with E-state index in [4.69, 9.17) is 0 Å². The Hall–Kier alpha value is -1.06. The number of likely N-dealkylation sites (tertiary alicyclic amines) is 1. The van der Waals surface area contributed by atoms with Crippen molar-refractivity contribution in [2.45, 2.75) is 46.1 Å². The van der Waals surface area contributed by atoms with Crippen LogP contribution in [-0.4, -0.2) is 35.8 Å². The van der Waals surface area contributed by atoms with Gasteiger partial charge < -0.3 is 10.2 Å². The van der Waals surface area contributed by atoms with Crippen LogP contribution in [0.1, 0.15) is 40.0 Å². The van der Waals surface area contributed by atoms with E-state index in [9.17, 15) is 9.59 Å². The third-order valence-electron chi connectivity index (χ3n) is 2.99. The summed E-state index contributed by atoms with van der Waals surface area (Å²) >= 11 is 0. The van der Waals surface area contributed by atoms with Gasteiger partial charge in [-0.1, -0.05) is 13.8 Å². The van der Waals surface area contributed by atoms with Crippen LogP contribution in [0, 0.1) is 5.92 Å². The fourth-order valence-corrected chi connectivity index (χ4v) is 1.91. The summed E-state index contributed by atoms with van der Waals surface area (Å²) in [4.78, 5) is 24.7. The first-order valence-corrected chi connectivity index (χ1v) is 6.06. The first kappa shape index (κ1) is 13.0. The second-order valence-electron chi connectivity index (χ2n) is 4.82. The smallest absolute Gasteiger partial charge is 0.222 e. The zero-order valence-electron chi connectivity index (χ0n) is 10.5. The summed E-state index contributed by atoms with van der Waals surface area (Å²) in [7, 11) is 0. The van der Waals surface area contributed by atoms with Crippen LogP contribution >= 0.6 is 0 Å². The summed E-state index contributed by atoms with van der Waals surface area (Å²) < 4.78 is 0. The van der Waals surface area contributed by atoms with Crippen molar-refractivity contribution in [3.8, 4) is 0 Å². The minimum Gasteiger partial charge on any atom is -0.351 e. The molecule has 1 rings (SSSR count). The first-order valence-electron chi connectivity index (χ1n) is 6.06. The normalized spacial score (nSPS) is 21.8. The Morgan fingerprint density at radius 2 is 2.00 bits per heavy atom. The van der Waals surface area contributed by atoms with Crippen molar-refractivity contribution in [1.29, 1.82) is 0 Å². The molecule has 4 nitrogen and oxygen atoms in total. The van der Waals surface area contributed by atoms with Crippen molar-refractivity contribution >= 4 is 11.8 Å². The molecule has 1 unspecified atom stereocenters. The molecule has 16 heavy (non-hydrogen) atoms. The van der Waals surface area contributed by atoms with E-state index < -0.39 is 0 Å². The predicted octanol–water partition coefficient (Wildman–Crippen LogP) is 1.16. The zero-order chi connectivity index (χ0) is 12.1. The second kappa shape index (κ2) is 5.87. The third-order valence-corrected chi connectivity index (χ3v) is 2.99. The van der Waals surface area contributed by atoms with Crippen LogP contribution in [0.15, 0.2) is 0 Å². The maximum absolute atomic E-state index is 11.6.